The van der Waals surface area contributed by atoms with E-state index in [9.17, 15) is 4.79 Å². The molecule has 90 valence electrons. The van der Waals surface area contributed by atoms with Crippen molar-refractivity contribution in [3.63, 3.8) is 0 Å². The van der Waals surface area contributed by atoms with Crippen LogP contribution in [0, 0.1) is 0 Å². The number of rotatable bonds is 2. The van der Waals surface area contributed by atoms with E-state index >= 15 is 0 Å². The molecule has 2 heterocycles. The van der Waals surface area contributed by atoms with Crippen molar-refractivity contribution >= 4 is 18.4 Å². The van der Waals surface area contributed by atoms with Crippen LogP contribution in [0.1, 0.15) is 35.6 Å². The van der Waals surface area contributed by atoms with Crippen molar-refractivity contribution in [1.82, 2.24) is 15.5 Å². The Morgan fingerprint density at radius 3 is 3.06 bits per heavy atom. The summed E-state index contributed by atoms with van der Waals surface area (Å²) >= 11 is 0. The van der Waals surface area contributed by atoms with Crippen LogP contribution in [0.25, 0.3) is 0 Å². The highest BCUT2D eigenvalue weighted by atomic mass is 35.5. The number of halogens is 1. The summed E-state index contributed by atoms with van der Waals surface area (Å²) in [6.45, 7) is 4.96. The van der Waals surface area contributed by atoms with Crippen LogP contribution in [0.3, 0.4) is 0 Å². The average Bonchev–Trinajstić information content (AvgIpc) is 2.60. The molecule has 1 unspecified atom stereocenters. The van der Waals surface area contributed by atoms with Crippen LogP contribution in [0.2, 0.25) is 0 Å². The molecule has 0 fully saturated rings. The summed E-state index contributed by atoms with van der Waals surface area (Å²) in [5.74, 6) is -0.317. The fourth-order valence-corrected chi connectivity index (χ4v) is 1.77. The van der Waals surface area contributed by atoms with Gasteiger partial charge >= 0.3 is 5.97 Å². The number of ether oxygens (including phenoxy) is 1. The van der Waals surface area contributed by atoms with E-state index in [0.717, 1.165) is 17.7 Å². The van der Waals surface area contributed by atoms with E-state index in [0.29, 0.717) is 24.9 Å². The summed E-state index contributed by atoms with van der Waals surface area (Å²) in [6, 6.07) is 0.413. The Morgan fingerprint density at radius 2 is 2.38 bits per heavy atom. The first-order valence-electron chi connectivity index (χ1n) is 5.19. The quantitative estimate of drug-likeness (QED) is 0.765. The van der Waals surface area contributed by atoms with Gasteiger partial charge < -0.3 is 10.1 Å². The Morgan fingerprint density at radius 1 is 1.62 bits per heavy atom. The summed E-state index contributed by atoms with van der Waals surface area (Å²) in [6.07, 6.45) is 0.852. The van der Waals surface area contributed by atoms with Gasteiger partial charge in [0.2, 0.25) is 0 Å². The molecule has 0 aromatic carbocycles. The standard InChI is InChI=1S/C10H15N3O2.ClH/c1-3-15-10(14)9-7-5-11-6(2)4-8(7)12-13-9;/h6,11H,3-5H2,1-2H3,(H,12,13);1H. The first kappa shape index (κ1) is 13.0. The molecule has 1 aliphatic heterocycles. The van der Waals surface area contributed by atoms with E-state index in [1.54, 1.807) is 6.92 Å². The van der Waals surface area contributed by atoms with Gasteiger partial charge in [0.25, 0.3) is 0 Å². The summed E-state index contributed by atoms with van der Waals surface area (Å²) in [7, 11) is 0. The topological polar surface area (TPSA) is 67.0 Å². The molecular weight excluding hydrogens is 230 g/mol. The van der Waals surface area contributed by atoms with Gasteiger partial charge in [-0.3, -0.25) is 5.10 Å². The van der Waals surface area contributed by atoms with E-state index in [-0.39, 0.29) is 18.4 Å². The molecule has 2 N–H and O–H groups in total. The first-order chi connectivity index (χ1) is 7.22. The zero-order chi connectivity index (χ0) is 10.8. The molecule has 0 bridgehead atoms. The fraction of sp³-hybridized carbons (Fsp3) is 0.600. The predicted octanol–water partition coefficient (Wildman–Crippen LogP) is 1.04. The Kier molecular flexibility index (Phi) is 4.32. The van der Waals surface area contributed by atoms with Gasteiger partial charge in [0.1, 0.15) is 5.69 Å². The molecule has 1 atom stereocenters. The zero-order valence-corrected chi connectivity index (χ0v) is 10.2. The third-order valence-electron chi connectivity index (χ3n) is 2.56. The highest BCUT2D eigenvalue weighted by Crippen LogP contribution is 2.18. The minimum absolute atomic E-state index is 0. The molecule has 0 saturated carbocycles. The van der Waals surface area contributed by atoms with Crippen LogP contribution in [0.5, 0.6) is 0 Å². The van der Waals surface area contributed by atoms with Crippen LogP contribution in [0.4, 0.5) is 0 Å². The Bertz CT molecular complexity index is 378. The largest absolute Gasteiger partial charge is 0.461 e. The highest BCUT2D eigenvalue weighted by Gasteiger charge is 2.24. The molecule has 0 amide bonds. The van der Waals surface area contributed by atoms with E-state index in [1.807, 2.05) is 0 Å². The van der Waals surface area contributed by atoms with Gasteiger partial charge in [-0.2, -0.15) is 5.10 Å². The molecule has 2 rings (SSSR count). The second-order valence-electron chi connectivity index (χ2n) is 3.73. The maximum absolute atomic E-state index is 11.5. The lowest BCUT2D eigenvalue weighted by molar-refractivity contribution is 0.0518. The molecule has 6 heteroatoms. The molecule has 1 aliphatic rings. The van der Waals surface area contributed by atoms with Crippen molar-refractivity contribution in [2.75, 3.05) is 6.61 Å². The van der Waals surface area contributed by atoms with E-state index in [2.05, 4.69) is 22.4 Å². The Labute approximate surface area is 100 Å². The number of nitrogens with zero attached hydrogens (tertiary/aromatic N) is 1. The van der Waals surface area contributed by atoms with Crippen molar-refractivity contribution in [1.29, 1.82) is 0 Å². The number of fused-ring (bicyclic) bond motifs is 1. The van der Waals surface area contributed by atoms with E-state index in [1.165, 1.54) is 0 Å². The van der Waals surface area contributed by atoms with Gasteiger partial charge in [-0.1, -0.05) is 0 Å². The summed E-state index contributed by atoms with van der Waals surface area (Å²) in [5.41, 5.74) is 2.42. The van der Waals surface area contributed by atoms with Gasteiger partial charge in [0.05, 0.1) is 12.3 Å². The summed E-state index contributed by atoms with van der Waals surface area (Å²) < 4.78 is 4.94. The maximum atomic E-state index is 11.5. The SMILES string of the molecule is CCOC(=O)c1[nH]nc2c1CNC(C)C2.Cl. The minimum atomic E-state index is -0.317. The number of aromatic amines is 1. The number of aromatic nitrogens is 2. The molecule has 0 spiro atoms. The second kappa shape index (κ2) is 5.32. The van der Waals surface area contributed by atoms with Crippen molar-refractivity contribution in [2.45, 2.75) is 32.9 Å². The number of carbonyl (C=O) groups excluding carboxylic acids is 1. The van der Waals surface area contributed by atoms with Crippen LogP contribution >= 0.6 is 12.4 Å². The third-order valence-corrected chi connectivity index (χ3v) is 2.56. The maximum Gasteiger partial charge on any atom is 0.356 e. The van der Waals surface area contributed by atoms with Crippen LogP contribution < -0.4 is 5.32 Å². The van der Waals surface area contributed by atoms with Crippen molar-refractivity contribution in [2.24, 2.45) is 0 Å². The van der Waals surface area contributed by atoms with E-state index < -0.39 is 0 Å². The molecule has 0 saturated heterocycles. The molecule has 1 aromatic heterocycles. The Hall–Kier alpha value is -1.07. The molecular formula is C10H16ClN3O2. The molecule has 5 nitrogen and oxygen atoms in total. The third kappa shape index (κ3) is 2.36. The smallest absolute Gasteiger partial charge is 0.356 e. The number of hydrogen-bond acceptors (Lipinski definition) is 4. The molecule has 1 aromatic rings. The predicted molar refractivity (Wildman–Crippen MR) is 61.8 cm³/mol. The van der Waals surface area contributed by atoms with Gasteiger partial charge in [0.15, 0.2) is 0 Å². The molecule has 16 heavy (non-hydrogen) atoms. The van der Waals surface area contributed by atoms with Crippen LogP contribution in [0.15, 0.2) is 0 Å². The second-order valence-corrected chi connectivity index (χ2v) is 3.73. The van der Waals surface area contributed by atoms with Crippen molar-refractivity contribution in [3.05, 3.63) is 17.0 Å². The van der Waals surface area contributed by atoms with E-state index in [4.69, 9.17) is 4.74 Å². The van der Waals surface area contributed by atoms with Gasteiger partial charge in [0, 0.05) is 24.6 Å². The molecule has 0 aliphatic carbocycles. The zero-order valence-electron chi connectivity index (χ0n) is 9.37. The van der Waals surface area contributed by atoms with Crippen LogP contribution in [-0.2, 0) is 17.7 Å². The number of carbonyl (C=O) groups is 1. The first-order valence-corrected chi connectivity index (χ1v) is 5.19. The lowest BCUT2D eigenvalue weighted by Gasteiger charge is -2.19. The lowest BCUT2D eigenvalue weighted by Crippen LogP contribution is -2.33. The average molecular weight is 246 g/mol. The normalized spacial score (nSPS) is 18.5. The number of H-pyrrole nitrogens is 1. The van der Waals surface area contributed by atoms with Crippen molar-refractivity contribution < 1.29 is 9.53 Å². The minimum Gasteiger partial charge on any atom is -0.461 e. The van der Waals surface area contributed by atoms with Crippen molar-refractivity contribution in [3.8, 4) is 0 Å². The van der Waals surface area contributed by atoms with Gasteiger partial charge in [-0.05, 0) is 13.8 Å². The van der Waals surface area contributed by atoms with Crippen LogP contribution in [-0.4, -0.2) is 28.8 Å². The summed E-state index contributed by atoms with van der Waals surface area (Å²) in [5, 5.41) is 10.2. The van der Waals surface area contributed by atoms with Gasteiger partial charge in [-0.15, -0.1) is 12.4 Å². The number of esters is 1. The number of nitrogens with one attached hydrogen (secondary N) is 2. The summed E-state index contributed by atoms with van der Waals surface area (Å²) in [4.78, 5) is 11.5. The number of hydrogen-bond donors (Lipinski definition) is 2. The monoisotopic (exact) mass is 245 g/mol. The Balaban J connectivity index is 0.00000128. The lowest BCUT2D eigenvalue weighted by atomic mass is 10.0. The van der Waals surface area contributed by atoms with Gasteiger partial charge in [-0.25, -0.2) is 4.79 Å². The molecule has 0 radical (unpaired) electrons. The highest BCUT2D eigenvalue weighted by molar-refractivity contribution is 5.89. The fourth-order valence-electron chi connectivity index (χ4n) is 1.77.